The Labute approximate surface area is 151 Å². The van der Waals surface area contributed by atoms with Gasteiger partial charge in [-0.05, 0) is 41.8 Å². The summed E-state index contributed by atoms with van der Waals surface area (Å²) in [5, 5.41) is 6.22. The monoisotopic (exact) mass is 353 g/mol. The standard InChI is InChI=1S/C19H19N3O4/c1-3-13-6-10-16(11-7-13)21-17(23)18(24)22-20-12-14-4-8-15(9-5-14)19(25)26-2/h4-12H,3H2,1-2H3,(H,21,23)(H,22,24)/b20-12+. The van der Waals surface area contributed by atoms with Gasteiger partial charge in [0.05, 0.1) is 18.9 Å². The maximum absolute atomic E-state index is 11.8. The number of hydrogen-bond acceptors (Lipinski definition) is 5. The topological polar surface area (TPSA) is 96.9 Å². The molecule has 0 spiro atoms. The number of hydrogen-bond donors (Lipinski definition) is 2. The molecule has 0 fully saturated rings. The number of amides is 2. The third-order valence-electron chi connectivity index (χ3n) is 3.54. The van der Waals surface area contributed by atoms with Crippen LogP contribution in [-0.2, 0) is 20.7 Å². The predicted octanol–water partition coefficient (Wildman–Crippen LogP) is 2.12. The van der Waals surface area contributed by atoms with Crippen LogP contribution in [0, 0.1) is 0 Å². The van der Waals surface area contributed by atoms with Crippen molar-refractivity contribution in [3.05, 3.63) is 65.2 Å². The van der Waals surface area contributed by atoms with Gasteiger partial charge in [-0.3, -0.25) is 9.59 Å². The van der Waals surface area contributed by atoms with Gasteiger partial charge in [-0.1, -0.05) is 31.2 Å². The van der Waals surface area contributed by atoms with Crippen LogP contribution in [0.4, 0.5) is 5.69 Å². The van der Waals surface area contributed by atoms with E-state index in [0.29, 0.717) is 16.8 Å². The van der Waals surface area contributed by atoms with E-state index in [1.54, 1.807) is 36.4 Å². The van der Waals surface area contributed by atoms with Crippen LogP contribution in [0.1, 0.15) is 28.4 Å². The van der Waals surface area contributed by atoms with Gasteiger partial charge in [0, 0.05) is 5.69 Å². The number of nitrogens with one attached hydrogen (secondary N) is 2. The lowest BCUT2D eigenvalue weighted by Crippen LogP contribution is -2.32. The first-order valence-corrected chi connectivity index (χ1v) is 7.95. The van der Waals surface area contributed by atoms with Crippen LogP contribution < -0.4 is 10.7 Å². The SMILES string of the molecule is CCc1ccc(NC(=O)C(=O)N/N=C/c2ccc(C(=O)OC)cc2)cc1. The van der Waals surface area contributed by atoms with Crippen LogP contribution in [0.5, 0.6) is 0 Å². The Morgan fingerprint density at radius 3 is 2.23 bits per heavy atom. The Kier molecular flexibility index (Phi) is 6.61. The zero-order valence-corrected chi connectivity index (χ0v) is 14.5. The molecule has 0 aliphatic heterocycles. The molecule has 2 aromatic rings. The molecule has 2 amide bonds. The highest BCUT2D eigenvalue weighted by atomic mass is 16.5. The lowest BCUT2D eigenvalue weighted by Gasteiger charge is -2.04. The van der Waals surface area contributed by atoms with Gasteiger partial charge >= 0.3 is 17.8 Å². The van der Waals surface area contributed by atoms with E-state index in [4.69, 9.17) is 0 Å². The van der Waals surface area contributed by atoms with Crippen molar-refractivity contribution in [2.45, 2.75) is 13.3 Å². The van der Waals surface area contributed by atoms with Crippen LogP contribution >= 0.6 is 0 Å². The zero-order valence-electron chi connectivity index (χ0n) is 14.5. The molecule has 2 rings (SSSR count). The minimum absolute atomic E-state index is 0.405. The predicted molar refractivity (Wildman–Crippen MR) is 98.0 cm³/mol. The molecule has 0 heterocycles. The molecular formula is C19H19N3O4. The second-order valence-electron chi connectivity index (χ2n) is 5.32. The Morgan fingerprint density at radius 2 is 1.65 bits per heavy atom. The molecule has 26 heavy (non-hydrogen) atoms. The number of benzene rings is 2. The largest absolute Gasteiger partial charge is 0.465 e. The molecule has 0 saturated carbocycles. The fourth-order valence-electron chi connectivity index (χ4n) is 2.05. The molecule has 0 atom stereocenters. The minimum Gasteiger partial charge on any atom is -0.465 e. The third-order valence-corrected chi connectivity index (χ3v) is 3.54. The Bertz CT molecular complexity index is 812. The van der Waals surface area contributed by atoms with Crippen LogP contribution in [0.2, 0.25) is 0 Å². The molecule has 0 aliphatic carbocycles. The molecule has 0 aromatic heterocycles. The second kappa shape index (κ2) is 9.12. The van der Waals surface area contributed by atoms with E-state index in [1.165, 1.54) is 13.3 Å². The number of rotatable bonds is 5. The molecule has 7 nitrogen and oxygen atoms in total. The summed E-state index contributed by atoms with van der Waals surface area (Å²) in [5.41, 5.74) is 4.87. The van der Waals surface area contributed by atoms with Crippen LogP contribution in [0.25, 0.3) is 0 Å². The zero-order chi connectivity index (χ0) is 18.9. The smallest absolute Gasteiger partial charge is 0.337 e. The molecule has 0 saturated heterocycles. The molecular weight excluding hydrogens is 334 g/mol. The molecule has 0 radical (unpaired) electrons. The average molecular weight is 353 g/mol. The summed E-state index contributed by atoms with van der Waals surface area (Å²) in [7, 11) is 1.30. The van der Waals surface area contributed by atoms with E-state index in [1.807, 2.05) is 19.1 Å². The summed E-state index contributed by atoms with van der Waals surface area (Å²) in [6.45, 7) is 2.03. The summed E-state index contributed by atoms with van der Waals surface area (Å²) < 4.78 is 4.60. The van der Waals surface area contributed by atoms with Gasteiger partial charge in [0.1, 0.15) is 0 Å². The summed E-state index contributed by atoms with van der Waals surface area (Å²) in [4.78, 5) is 34.9. The van der Waals surface area contributed by atoms with Crippen LogP contribution in [-0.4, -0.2) is 31.1 Å². The number of nitrogens with zero attached hydrogens (tertiary/aromatic N) is 1. The molecule has 134 valence electrons. The van der Waals surface area contributed by atoms with E-state index < -0.39 is 17.8 Å². The van der Waals surface area contributed by atoms with Crippen molar-refractivity contribution in [2.75, 3.05) is 12.4 Å². The van der Waals surface area contributed by atoms with Crippen molar-refractivity contribution in [2.24, 2.45) is 5.10 Å². The lowest BCUT2D eigenvalue weighted by molar-refractivity contribution is -0.136. The van der Waals surface area contributed by atoms with E-state index >= 15 is 0 Å². The quantitative estimate of drug-likeness (QED) is 0.372. The maximum atomic E-state index is 11.8. The number of hydrazone groups is 1. The van der Waals surface area contributed by atoms with Crippen molar-refractivity contribution in [3.63, 3.8) is 0 Å². The maximum Gasteiger partial charge on any atom is 0.337 e. The number of ether oxygens (including phenoxy) is 1. The van der Waals surface area contributed by atoms with E-state index in [9.17, 15) is 14.4 Å². The average Bonchev–Trinajstić information content (AvgIpc) is 2.68. The van der Waals surface area contributed by atoms with Crippen molar-refractivity contribution in [3.8, 4) is 0 Å². The van der Waals surface area contributed by atoms with Gasteiger partial charge in [-0.25, -0.2) is 10.2 Å². The van der Waals surface area contributed by atoms with Gasteiger partial charge in [0.15, 0.2) is 0 Å². The Hall–Kier alpha value is -3.48. The van der Waals surface area contributed by atoms with Gasteiger partial charge in [-0.2, -0.15) is 5.10 Å². The lowest BCUT2D eigenvalue weighted by atomic mass is 10.1. The first-order chi connectivity index (χ1) is 12.5. The van der Waals surface area contributed by atoms with Gasteiger partial charge in [-0.15, -0.1) is 0 Å². The molecule has 2 aromatic carbocycles. The fraction of sp³-hybridized carbons (Fsp3) is 0.158. The summed E-state index contributed by atoms with van der Waals surface area (Å²) in [5.74, 6) is -2.13. The van der Waals surface area contributed by atoms with E-state index in [-0.39, 0.29) is 0 Å². The minimum atomic E-state index is -0.882. The highest BCUT2D eigenvalue weighted by molar-refractivity contribution is 6.39. The van der Waals surface area contributed by atoms with Gasteiger partial charge in [0.25, 0.3) is 0 Å². The number of aryl methyl sites for hydroxylation is 1. The third kappa shape index (κ3) is 5.27. The number of esters is 1. The number of carbonyl (C=O) groups is 3. The van der Waals surface area contributed by atoms with Crippen LogP contribution in [0.15, 0.2) is 53.6 Å². The number of carbonyl (C=O) groups excluding carboxylic acids is 3. The normalized spacial score (nSPS) is 10.4. The molecule has 0 bridgehead atoms. The van der Waals surface area contributed by atoms with Gasteiger partial charge < -0.3 is 10.1 Å². The molecule has 0 unspecified atom stereocenters. The van der Waals surface area contributed by atoms with E-state index in [0.717, 1.165) is 12.0 Å². The molecule has 2 N–H and O–H groups in total. The molecule has 7 heteroatoms. The Morgan fingerprint density at radius 1 is 1.00 bits per heavy atom. The van der Waals surface area contributed by atoms with Gasteiger partial charge in [0.2, 0.25) is 0 Å². The fourth-order valence-corrected chi connectivity index (χ4v) is 2.05. The second-order valence-corrected chi connectivity index (χ2v) is 5.32. The van der Waals surface area contributed by atoms with E-state index in [2.05, 4.69) is 20.6 Å². The van der Waals surface area contributed by atoms with Crippen molar-refractivity contribution < 1.29 is 19.1 Å². The highest BCUT2D eigenvalue weighted by Crippen LogP contribution is 2.09. The Balaban J connectivity index is 1.87. The summed E-state index contributed by atoms with van der Waals surface area (Å²) in [6, 6.07) is 13.6. The number of methoxy groups -OCH3 is 1. The van der Waals surface area contributed by atoms with Crippen molar-refractivity contribution in [1.82, 2.24) is 5.43 Å². The highest BCUT2D eigenvalue weighted by Gasteiger charge is 2.12. The summed E-state index contributed by atoms with van der Waals surface area (Å²) >= 11 is 0. The van der Waals surface area contributed by atoms with Crippen molar-refractivity contribution in [1.29, 1.82) is 0 Å². The first kappa shape index (κ1) is 18.9. The first-order valence-electron chi connectivity index (χ1n) is 7.95. The number of anilines is 1. The van der Waals surface area contributed by atoms with Crippen molar-refractivity contribution >= 4 is 29.7 Å². The van der Waals surface area contributed by atoms with Crippen LogP contribution in [0.3, 0.4) is 0 Å². The molecule has 0 aliphatic rings. The summed E-state index contributed by atoms with van der Waals surface area (Å²) in [6.07, 6.45) is 2.26.